The van der Waals surface area contributed by atoms with E-state index >= 15 is 0 Å². The highest BCUT2D eigenvalue weighted by Crippen LogP contribution is 2.28. The van der Waals surface area contributed by atoms with Gasteiger partial charge in [0.2, 0.25) is 0 Å². The van der Waals surface area contributed by atoms with E-state index in [-0.39, 0.29) is 5.02 Å². The van der Waals surface area contributed by atoms with Crippen molar-refractivity contribution in [3.63, 3.8) is 0 Å². The monoisotopic (exact) mass is 240 g/mol. The van der Waals surface area contributed by atoms with Crippen LogP contribution in [0.3, 0.4) is 0 Å². The van der Waals surface area contributed by atoms with Crippen LogP contribution in [-0.2, 0) is 0 Å². The van der Waals surface area contributed by atoms with Crippen molar-refractivity contribution in [2.45, 2.75) is 0 Å². The maximum Gasteiger partial charge on any atom is 0.160 e. The lowest BCUT2D eigenvalue weighted by atomic mass is 10.1. The van der Waals surface area contributed by atoms with E-state index in [9.17, 15) is 8.78 Å². The molecule has 1 aromatic heterocycles. The molecular weight excluding hydrogens is 234 g/mol. The average molecular weight is 241 g/mol. The molecule has 0 radical (unpaired) electrons. The van der Waals surface area contributed by atoms with Crippen molar-refractivity contribution >= 4 is 17.4 Å². The fraction of sp³-hybridized carbons (Fsp3) is 0. The molecule has 0 saturated carbocycles. The summed E-state index contributed by atoms with van der Waals surface area (Å²) in [5.74, 6) is -1.67. The quantitative estimate of drug-likeness (QED) is 0.777. The minimum absolute atomic E-state index is 0.0944. The van der Waals surface area contributed by atoms with Crippen molar-refractivity contribution in [3.05, 3.63) is 47.0 Å². The van der Waals surface area contributed by atoms with Gasteiger partial charge in [0.15, 0.2) is 11.6 Å². The van der Waals surface area contributed by atoms with Crippen LogP contribution in [0.4, 0.5) is 14.6 Å². The summed E-state index contributed by atoms with van der Waals surface area (Å²) in [7, 11) is 0. The van der Waals surface area contributed by atoms with Crippen molar-refractivity contribution < 1.29 is 8.78 Å². The summed E-state index contributed by atoms with van der Waals surface area (Å²) in [5, 5.41) is 0.0944. The summed E-state index contributed by atoms with van der Waals surface area (Å²) in [4.78, 5) is 3.98. The topological polar surface area (TPSA) is 38.9 Å². The summed E-state index contributed by atoms with van der Waals surface area (Å²) in [5.41, 5.74) is 6.21. The molecular formula is C11H7ClF2N2. The number of pyridine rings is 1. The first-order chi connectivity index (χ1) is 7.58. The van der Waals surface area contributed by atoms with Crippen LogP contribution in [0.15, 0.2) is 30.3 Å². The Balaban J connectivity index is 2.60. The molecule has 2 rings (SSSR count). The van der Waals surface area contributed by atoms with Crippen LogP contribution in [0, 0.1) is 11.6 Å². The lowest BCUT2D eigenvalue weighted by Gasteiger charge is -2.05. The molecule has 2 aromatic rings. The maximum absolute atomic E-state index is 13.1. The van der Waals surface area contributed by atoms with Crippen LogP contribution in [0.5, 0.6) is 0 Å². The molecule has 2 N–H and O–H groups in total. The Kier molecular flexibility index (Phi) is 2.75. The Morgan fingerprint density at radius 3 is 2.50 bits per heavy atom. The zero-order valence-electron chi connectivity index (χ0n) is 8.05. The van der Waals surface area contributed by atoms with Gasteiger partial charge in [-0.2, -0.15) is 0 Å². The molecule has 0 atom stereocenters. The Morgan fingerprint density at radius 2 is 1.81 bits per heavy atom. The standard InChI is InChI=1S/C11H7ClF2N2/c12-7-5-9(14)8(13)4-6(7)10-2-1-3-11(15)16-10/h1-5H,(H2,15,16). The molecule has 2 nitrogen and oxygen atoms in total. The van der Waals surface area contributed by atoms with Gasteiger partial charge in [-0.1, -0.05) is 17.7 Å². The molecule has 1 heterocycles. The van der Waals surface area contributed by atoms with E-state index in [1.54, 1.807) is 18.2 Å². The van der Waals surface area contributed by atoms with Gasteiger partial charge >= 0.3 is 0 Å². The number of nitrogens with two attached hydrogens (primary N) is 1. The SMILES string of the molecule is Nc1cccc(-c2cc(F)c(F)cc2Cl)n1. The van der Waals surface area contributed by atoms with Gasteiger partial charge in [-0.15, -0.1) is 0 Å². The molecule has 0 unspecified atom stereocenters. The summed E-state index contributed by atoms with van der Waals surface area (Å²) in [6.45, 7) is 0. The number of hydrogen-bond donors (Lipinski definition) is 1. The van der Waals surface area contributed by atoms with E-state index in [1.807, 2.05) is 0 Å². The molecule has 0 aliphatic heterocycles. The van der Waals surface area contributed by atoms with E-state index in [0.717, 1.165) is 12.1 Å². The number of anilines is 1. The van der Waals surface area contributed by atoms with Crippen LogP contribution in [0.1, 0.15) is 0 Å². The van der Waals surface area contributed by atoms with Gasteiger partial charge < -0.3 is 5.73 Å². The highest BCUT2D eigenvalue weighted by atomic mass is 35.5. The van der Waals surface area contributed by atoms with Crippen molar-refractivity contribution in [2.24, 2.45) is 0 Å². The third-order valence-corrected chi connectivity index (χ3v) is 2.37. The minimum Gasteiger partial charge on any atom is -0.384 e. The van der Waals surface area contributed by atoms with Crippen molar-refractivity contribution in [1.29, 1.82) is 0 Å². The fourth-order valence-electron chi connectivity index (χ4n) is 1.32. The van der Waals surface area contributed by atoms with Crippen LogP contribution >= 0.6 is 11.6 Å². The number of hydrogen-bond acceptors (Lipinski definition) is 2. The highest BCUT2D eigenvalue weighted by Gasteiger charge is 2.11. The van der Waals surface area contributed by atoms with Gasteiger partial charge in [0.05, 0.1) is 10.7 Å². The third-order valence-electron chi connectivity index (χ3n) is 2.06. The summed E-state index contributed by atoms with van der Waals surface area (Å²) >= 11 is 5.80. The normalized spacial score (nSPS) is 10.4. The van der Waals surface area contributed by atoms with E-state index < -0.39 is 11.6 Å². The molecule has 82 valence electrons. The van der Waals surface area contributed by atoms with E-state index in [2.05, 4.69) is 4.98 Å². The van der Waals surface area contributed by atoms with Crippen LogP contribution in [-0.4, -0.2) is 4.98 Å². The Hall–Kier alpha value is -1.68. The average Bonchev–Trinajstić information content (AvgIpc) is 2.23. The van der Waals surface area contributed by atoms with Crippen LogP contribution < -0.4 is 5.73 Å². The van der Waals surface area contributed by atoms with Gasteiger partial charge in [0.1, 0.15) is 5.82 Å². The number of nitrogens with zero attached hydrogens (tertiary/aromatic N) is 1. The highest BCUT2D eigenvalue weighted by molar-refractivity contribution is 6.33. The Bertz CT molecular complexity index is 544. The molecule has 5 heteroatoms. The number of nitrogen functional groups attached to an aromatic ring is 1. The first-order valence-electron chi connectivity index (χ1n) is 4.45. The predicted molar refractivity (Wildman–Crippen MR) is 59.0 cm³/mol. The molecule has 0 saturated heterocycles. The van der Waals surface area contributed by atoms with Gasteiger partial charge in [-0.25, -0.2) is 13.8 Å². The molecule has 0 aliphatic rings. The van der Waals surface area contributed by atoms with Gasteiger partial charge in [-0.3, -0.25) is 0 Å². The van der Waals surface area contributed by atoms with Crippen molar-refractivity contribution in [2.75, 3.05) is 5.73 Å². The smallest absolute Gasteiger partial charge is 0.160 e. The summed E-state index contributed by atoms with van der Waals surface area (Å²) < 4.78 is 25.9. The number of aromatic nitrogens is 1. The largest absolute Gasteiger partial charge is 0.384 e. The van der Waals surface area contributed by atoms with Gasteiger partial charge in [0.25, 0.3) is 0 Å². The zero-order valence-corrected chi connectivity index (χ0v) is 8.80. The second-order valence-corrected chi connectivity index (χ2v) is 3.60. The molecule has 16 heavy (non-hydrogen) atoms. The fourth-order valence-corrected chi connectivity index (χ4v) is 1.57. The van der Waals surface area contributed by atoms with Gasteiger partial charge in [-0.05, 0) is 24.3 Å². The van der Waals surface area contributed by atoms with Crippen LogP contribution in [0.2, 0.25) is 5.02 Å². The van der Waals surface area contributed by atoms with Crippen LogP contribution in [0.25, 0.3) is 11.3 Å². The lowest BCUT2D eigenvalue weighted by molar-refractivity contribution is 0.509. The molecule has 0 spiro atoms. The van der Waals surface area contributed by atoms with E-state index in [0.29, 0.717) is 17.1 Å². The Labute approximate surface area is 95.7 Å². The predicted octanol–water partition coefficient (Wildman–Crippen LogP) is 3.26. The van der Waals surface area contributed by atoms with E-state index in [4.69, 9.17) is 17.3 Å². The number of halogens is 3. The molecule has 0 fully saturated rings. The molecule has 0 aliphatic carbocycles. The Morgan fingerprint density at radius 1 is 1.12 bits per heavy atom. The first-order valence-corrected chi connectivity index (χ1v) is 4.83. The second kappa shape index (κ2) is 4.06. The summed E-state index contributed by atoms with van der Waals surface area (Å²) in [6, 6.07) is 6.79. The molecule has 1 aromatic carbocycles. The molecule has 0 amide bonds. The number of benzene rings is 1. The molecule has 0 bridgehead atoms. The zero-order chi connectivity index (χ0) is 11.7. The lowest BCUT2D eigenvalue weighted by Crippen LogP contribution is -1.93. The van der Waals surface area contributed by atoms with E-state index in [1.165, 1.54) is 0 Å². The second-order valence-electron chi connectivity index (χ2n) is 3.19. The number of rotatable bonds is 1. The first kappa shape index (κ1) is 10.8. The summed E-state index contributed by atoms with van der Waals surface area (Å²) in [6.07, 6.45) is 0. The third kappa shape index (κ3) is 1.97. The maximum atomic E-state index is 13.1. The van der Waals surface area contributed by atoms with Crippen molar-refractivity contribution in [3.8, 4) is 11.3 Å². The van der Waals surface area contributed by atoms with Crippen molar-refractivity contribution in [1.82, 2.24) is 4.98 Å². The van der Waals surface area contributed by atoms with Gasteiger partial charge in [0, 0.05) is 5.56 Å². The minimum atomic E-state index is -0.988.